The van der Waals surface area contributed by atoms with Crippen molar-refractivity contribution in [1.29, 1.82) is 0 Å². The Kier molecular flexibility index (Phi) is 3.79. The molecule has 2 rings (SSSR count). The second-order valence-corrected chi connectivity index (χ2v) is 4.49. The summed E-state index contributed by atoms with van der Waals surface area (Å²) in [6, 6.07) is 3.65. The summed E-state index contributed by atoms with van der Waals surface area (Å²) in [5, 5.41) is 0. The molecule has 4 heteroatoms. The Morgan fingerprint density at radius 1 is 1.05 bits per heavy atom. The summed E-state index contributed by atoms with van der Waals surface area (Å²) in [6.45, 7) is 3.89. The highest BCUT2D eigenvalue weighted by Crippen LogP contribution is 2.44. The van der Waals surface area contributed by atoms with Crippen LogP contribution in [0.2, 0.25) is 0 Å². The van der Waals surface area contributed by atoms with Crippen LogP contribution in [0.15, 0.2) is 24.3 Å². The first-order valence-electron chi connectivity index (χ1n) is 6.14. The highest BCUT2D eigenvalue weighted by molar-refractivity contribution is 5.98. The molecule has 0 amide bonds. The van der Waals surface area contributed by atoms with Crippen LogP contribution in [-0.2, 0) is 4.79 Å². The minimum Gasteiger partial charge on any atom is -0.496 e. The van der Waals surface area contributed by atoms with Gasteiger partial charge < -0.3 is 14.2 Å². The molecule has 1 fully saturated rings. The average molecular weight is 262 g/mol. The van der Waals surface area contributed by atoms with E-state index in [9.17, 15) is 4.79 Å². The van der Waals surface area contributed by atoms with Gasteiger partial charge in [0.15, 0.2) is 17.3 Å². The van der Waals surface area contributed by atoms with Crippen molar-refractivity contribution < 1.29 is 19.0 Å². The maximum Gasteiger partial charge on any atom is 0.164 e. The number of allylic oxidation sites excluding steroid dienone is 1. The molecule has 1 atom stereocenters. The summed E-state index contributed by atoms with van der Waals surface area (Å²) in [6.07, 6.45) is 1.31. The van der Waals surface area contributed by atoms with Crippen molar-refractivity contribution in [3.05, 3.63) is 29.8 Å². The first-order valence-corrected chi connectivity index (χ1v) is 6.14. The number of hydrogen-bond acceptors (Lipinski definition) is 4. The first kappa shape index (κ1) is 13.5. The van der Waals surface area contributed by atoms with Gasteiger partial charge in [0.25, 0.3) is 0 Å². The number of Topliss-reactive ketones (excluding diaryl/α,β-unsaturated/α-hetero) is 1. The second-order valence-electron chi connectivity index (χ2n) is 4.49. The normalized spacial score (nSPS) is 18.6. The third kappa shape index (κ3) is 2.30. The molecule has 1 unspecified atom stereocenters. The molecular formula is C15H18O4. The van der Waals surface area contributed by atoms with E-state index in [1.165, 1.54) is 0 Å². The van der Waals surface area contributed by atoms with E-state index in [2.05, 4.69) is 6.58 Å². The third-order valence-corrected chi connectivity index (χ3v) is 3.55. The van der Waals surface area contributed by atoms with E-state index >= 15 is 0 Å². The molecule has 0 aliphatic heterocycles. The van der Waals surface area contributed by atoms with E-state index in [-0.39, 0.29) is 11.7 Å². The lowest BCUT2D eigenvalue weighted by Gasteiger charge is -2.18. The second kappa shape index (κ2) is 5.34. The van der Waals surface area contributed by atoms with Gasteiger partial charge >= 0.3 is 0 Å². The molecule has 0 bridgehead atoms. The topological polar surface area (TPSA) is 44.8 Å². The fourth-order valence-corrected chi connectivity index (χ4v) is 2.47. The van der Waals surface area contributed by atoms with Crippen LogP contribution in [0.4, 0.5) is 0 Å². The summed E-state index contributed by atoms with van der Waals surface area (Å²) in [5.41, 5.74) is 1.57. The van der Waals surface area contributed by atoms with E-state index < -0.39 is 0 Å². The average Bonchev–Trinajstić information content (AvgIpc) is 2.77. The predicted octanol–water partition coefficient (Wildman–Crippen LogP) is 2.72. The number of methoxy groups -OCH3 is 3. The minimum atomic E-state index is 0.00209. The maximum atomic E-state index is 11.6. The van der Waals surface area contributed by atoms with Crippen molar-refractivity contribution in [2.45, 2.75) is 18.8 Å². The summed E-state index contributed by atoms with van der Waals surface area (Å²) in [5.74, 6) is 2.06. The number of rotatable bonds is 4. The summed E-state index contributed by atoms with van der Waals surface area (Å²) in [7, 11) is 4.77. The Labute approximate surface area is 113 Å². The number of benzene rings is 1. The third-order valence-electron chi connectivity index (χ3n) is 3.55. The van der Waals surface area contributed by atoms with Gasteiger partial charge in [-0.3, -0.25) is 4.79 Å². The Hall–Kier alpha value is -1.97. The molecule has 1 aromatic rings. The molecular weight excluding hydrogens is 244 g/mol. The quantitative estimate of drug-likeness (QED) is 0.783. The van der Waals surface area contributed by atoms with Gasteiger partial charge in [0, 0.05) is 24.0 Å². The molecule has 1 aromatic carbocycles. The molecule has 102 valence electrons. The molecule has 0 spiro atoms. The van der Waals surface area contributed by atoms with E-state index in [0.29, 0.717) is 29.2 Å². The van der Waals surface area contributed by atoms with Gasteiger partial charge in [-0.05, 0) is 18.1 Å². The van der Waals surface area contributed by atoms with Crippen molar-refractivity contribution in [2.75, 3.05) is 21.3 Å². The van der Waals surface area contributed by atoms with Crippen molar-refractivity contribution in [2.24, 2.45) is 0 Å². The van der Waals surface area contributed by atoms with Crippen LogP contribution in [0.1, 0.15) is 24.3 Å². The van der Waals surface area contributed by atoms with E-state index in [1.54, 1.807) is 27.4 Å². The lowest BCUT2D eigenvalue weighted by Crippen LogP contribution is -2.03. The predicted molar refractivity (Wildman–Crippen MR) is 72.2 cm³/mol. The Bertz CT molecular complexity index is 519. The first-order chi connectivity index (χ1) is 9.12. The van der Waals surface area contributed by atoms with E-state index in [1.807, 2.05) is 6.07 Å². The largest absolute Gasteiger partial charge is 0.496 e. The molecule has 0 aromatic heterocycles. The van der Waals surface area contributed by atoms with Gasteiger partial charge in [0.2, 0.25) is 0 Å². The number of ether oxygens (including phenoxy) is 3. The van der Waals surface area contributed by atoms with Crippen molar-refractivity contribution in [3.63, 3.8) is 0 Å². The maximum absolute atomic E-state index is 11.6. The van der Waals surface area contributed by atoms with Gasteiger partial charge in [0.05, 0.1) is 21.3 Å². The zero-order chi connectivity index (χ0) is 14.0. The van der Waals surface area contributed by atoms with E-state index in [0.717, 1.165) is 12.0 Å². The molecule has 1 aliphatic carbocycles. The lowest BCUT2D eigenvalue weighted by atomic mass is 9.93. The SMILES string of the molecule is C=C1C(=O)CCC1c1cc(OC)c(OC)cc1OC. The molecule has 0 radical (unpaired) electrons. The van der Waals surface area contributed by atoms with E-state index in [4.69, 9.17) is 14.2 Å². The van der Waals surface area contributed by atoms with Crippen LogP contribution in [-0.4, -0.2) is 27.1 Å². The standard InChI is InChI=1S/C15H18O4/c1-9-10(5-6-12(9)16)11-7-14(18-3)15(19-4)8-13(11)17-2/h7-8,10H,1,5-6H2,2-4H3. The lowest BCUT2D eigenvalue weighted by molar-refractivity contribution is -0.114. The Morgan fingerprint density at radius 3 is 2.11 bits per heavy atom. The molecule has 19 heavy (non-hydrogen) atoms. The van der Waals surface area contributed by atoms with Crippen LogP contribution in [0.3, 0.4) is 0 Å². The fourth-order valence-electron chi connectivity index (χ4n) is 2.47. The van der Waals surface area contributed by atoms with Gasteiger partial charge in [-0.2, -0.15) is 0 Å². The van der Waals surface area contributed by atoms with Crippen LogP contribution in [0.25, 0.3) is 0 Å². The van der Waals surface area contributed by atoms with Gasteiger partial charge in [-0.15, -0.1) is 0 Å². The van der Waals surface area contributed by atoms with Gasteiger partial charge in [-0.1, -0.05) is 6.58 Å². The molecule has 0 N–H and O–H groups in total. The number of carbonyl (C=O) groups excluding carboxylic acids is 1. The summed E-state index contributed by atoms with van der Waals surface area (Å²) < 4.78 is 15.9. The van der Waals surface area contributed by atoms with Crippen LogP contribution in [0, 0.1) is 0 Å². The zero-order valence-corrected chi connectivity index (χ0v) is 11.5. The molecule has 4 nitrogen and oxygen atoms in total. The number of carbonyl (C=O) groups is 1. The molecule has 1 aliphatic rings. The fraction of sp³-hybridized carbons (Fsp3) is 0.400. The molecule has 0 saturated heterocycles. The van der Waals surface area contributed by atoms with Crippen LogP contribution >= 0.6 is 0 Å². The monoisotopic (exact) mass is 262 g/mol. The smallest absolute Gasteiger partial charge is 0.164 e. The highest BCUT2D eigenvalue weighted by Gasteiger charge is 2.31. The van der Waals surface area contributed by atoms with Crippen molar-refractivity contribution in [1.82, 2.24) is 0 Å². The van der Waals surface area contributed by atoms with Crippen LogP contribution in [0.5, 0.6) is 17.2 Å². The zero-order valence-electron chi connectivity index (χ0n) is 11.5. The Balaban J connectivity index is 2.50. The number of ketones is 1. The highest BCUT2D eigenvalue weighted by atomic mass is 16.5. The minimum absolute atomic E-state index is 0.00209. The molecule has 0 heterocycles. The van der Waals surface area contributed by atoms with Gasteiger partial charge in [-0.25, -0.2) is 0 Å². The van der Waals surface area contributed by atoms with Crippen molar-refractivity contribution in [3.8, 4) is 17.2 Å². The summed E-state index contributed by atoms with van der Waals surface area (Å²) in [4.78, 5) is 11.6. The summed E-state index contributed by atoms with van der Waals surface area (Å²) >= 11 is 0. The number of hydrogen-bond donors (Lipinski definition) is 0. The van der Waals surface area contributed by atoms with Gasteiger partial charge in [0.1, 0.15) is 5.75 Å². The van der Waals surface area contributed by atoms with Crippen LogP contribution < -0.4 is 14.2 Å². The molecule has 1 saturated carbocycles. The van der Waals surface area contributed by atoms with Crippen molar-refractivity contribution >= 4 is 5.78 Å². The Morgan fingerprint density at radius 2 is 1.63 bits per heavy atom.